The Labute approximate surface area is 126 Å². The molecule has 0 bridgehead atoms. The fourth-order valence-corrected chi connectivity index (χ4v) is 2.78. The Morgan fingerprint density at radius 3 is 2.38 bits per heavy atom. The molecule has 1 heterocycles. The SMILES string of the molecule is CCOCCOC(c1ccc(S(C)(=O)=O)cc1)[C@@]1(C)CO1. The van der Waals surface area contributed by atoms with Gasteiger partial charge in [-0.2, -0.15) is 0 Å². The maximum Gasteiger partial charge on any atom is 0.175 e. The normalized spacial score (nSPS) is 23.0. The Morgan fingerprint density at radius 2 is 1.90 bits per heavy atom. The van der Waals surface area contributed by atoms with E-state index in [1.54, 1.807) is 24.3 Å². The van der Waals surface area contributed by atoms with Crippen molar-refractivity contribution >= 4 is 9.84 Å². The molecular weight excluding hydrogens is 292 g/mol. The minimum atomic E-state index is -3.18. The van der Waals surface area contributed by atoms with Crippen molar-refractivity contribution in [3.05, 3.63) is 29.8 Å². The molecule has 1 unspecified atom stereocenters. The summed E-state index contributed by atoms with van der Waals surface area (Å²) in [6, 6.07) is 6.79. The van der Waals surface area contributed by atoms with Crippen LogP contribution in [0.3, 0.4) is 0 Å². The molecule has 1 fully saturated rings. The second-order valence-corrected chi connectivity index (χ2v) is 7.41. The molecule has 0 aromatic heterocycles. The summed E-state index contributed by atoms with van der Waals surface area (Å²) in [7, 11) is -3.18. The first-order valence-electron chi connectivity index (χ1n) is 7.00. The van der Waals surface area contributed by atoms with Gasteiger partial charge in [-0.25, -0.2) is 8.42 Å². The third kappa shape index (κ3) is 4.26. The highest BCUT2D eigenvalue weighted by molar-refractivity contribution is 7.90. The van der Waals surface area contributed by atoms with Crippen LogP contribution in [0.25, 0.3) is 0 Å². The molecule has 21 heavy (non-hydrogen) atoms. The topological polar surface area (TPSA) is 65.1 Å². The van der Waals surface area contributed by atoms with Crippen LogP contribution in [0.1, 0.15) is 25.5 Å². The Balaban J connectivity index is 2.10. The standard InChI is InChI=1S/C15H22O5S/c1-4-18-9-10-19-14(15(2)11-20-15)12-5-7-13(8-6-12)21(3,16)17/h5-8,14H,4,9-11H2,1-3H3/t14?,15-/m1/s1. The van der Waals surface area contributed by atoms with E-state index in [9.17, 15) is 8.42 Å². The largest absolute Gasteiger partial charge is 0.379 e. The lowest BCUT2D eigenvalue weighted by molar-refractivity contribution is -0.0280. The summed E-state index contributed by atoms with van der Waals surface area (Å²) >= 11 is 0. The molecule has 1 aliphatic rings. The van der Waals surface area contributed by atoms with Gasteiger partial charge in [0.25, 0.3) is 0 Å². The van der Waals surface area contributed by atoms with Crippen LogP contribution in [0.4, 0.5) is 0 Å². The fraction of sp³-hybridized carbons (Fsp3) is 0.600. The molecule has 5 nitrogen and oxygen atoms in total. The Morgan fingerprint density at radius 1 is 1.29 bits per heavy atom. The van der Waals surface area contributed by atoms with Gasteiger partial charge in [-0.05, 0) is 31.5 Å². The molecule has 0 spiro atoms. The van der Waals surface area contributed by atoms with Crippen LogP contribution in [0.2, 0.25) is 0 Å². The van der Waals surface area contributed by atoms with Gasteiger partial charge in [0.15, 0.2) is 9.84 Å². The van der Waals surface area contributed by atoms with Crippen LogP contribution in [-0.4, -0.2) is 46.7 Å². The van der Waals surface area contributed by atoms with Crippen LogP contribution < -0.4 is 0 Å². The molecule has 0 radical (unpaired) electrons. The van der Waals surface area contributed by atoms with Gasteiger partial charge >= 0.3 is 0 Å². The minimum Gasteiger partial charge on any atom is -0.379 e. The first-order valence-corrected chi connectivity index (χ1v) is 8.89. The molecule has 1 aliphatic heterocycles. The van der Waals surface area contributed by atoms with Crippen molar-refractivity contribution in [3.63, 3.8) is 0 Å². The van der Waals surface area contributed by atoms with Crippen LogP contribution >= 0.6 is 0 Å². The van der Waals surface area contributed by atoms with Crippen LogP contribution in [0.5, 0.6) is 0 Å². The van der Waals surface area contributed by atoms with Crippen molar-refractivity contribution in [3.8, 4) is 0 Å². The van der Waals surface area contributed by atoms with Crippen molar-refractivity contribution in [2.24, 2.45) is 0 Å². The third-order valence-electron chi connectivity index (χ3n) is 3.48. The number of hydrogen-bond acceptors (Lipinski definition) is 5. The number of ether oxygens (including phenoxy) is 3. The summed E-state index contributed by atoms with van der Waals surface area (Å²) in [6.07, 6.45) is 0.982. The van der Waals surface area contributed by atoms with Crippen LogP contribution in [0.15, 0.2) is 29.2 Å². The molecule has 1 aromatic rings. The van der Waals surface area contributed by atoms with Crippen LogP contribution in [0, 0.1) is 0 Å². The van der Waals surface area contributed by atoms with E-state index in [1.807, 2.05) is 13.8 Å². The van der Waals surface area contributed by atoms with E-state index in [0.717, 1.165) is 5.56 Å². The van der Waals surface area contributed by atoms with Crippen molar-refractivity contribution in [2.75, 3.05) is 32.7 Å². The molecule has 2 atom stereocenters. The summed E-state index contributed by atoms with van der Waals surface area (Å²) in [6.45, 7) is 6.23. The highest BCUT2D eigenvalue weighted by atomic mass is 32.2. The lowest BCUT2D eigenvalue weighted by Crippen LogP contribution is -2.23. The van der Waals surface area contributed by atoms with E-state index < -0.39 is 9.84 Å². The first kappa shape index (κ1) is 16.4. The molecule has 0 amide bonds. The Hall–Kier alpha value is -0.950. The number of rotatable bonds is 8. The molecule has 1 aromatic carbocycles. The van der Waals surface area contributed by atoms with Gasteiger partial charge in [0.1, 0.15) is 11.7 Å². The summed E-state index contributed by atoms with van der Waals surface area (Å²) in [5.41, 5.74) is 0.581. The minimum absolute atomic E-state index is 0.216. The van der Waals surface area contributed by atoms with Crippen molar-refractivity contribution in [2.45, 2.75) is 30.4 Å². The Kier molecular flexibility index (Phi) is 5.03. The van der Waals surface area contributed by atoms with Crippen molar-refractivity contribution in [1.29, 1.82) is 0 Å². The van der Waals surface area contributed by atoms with Gasteiger partial charge in [0.05, 0.1) is 24.7 Å². The average Bonchev–Trinajstić information content (AvgIpc) is 3.17. The zero-order chi connectivity index (χ0) is 15.5. The molecule has 2 rings (SSSR count). The van der Waals surface area contributed by atoms with Crippen LogP contribution in [-0.2, 0) is 24.0 Å². The summed E-state index contributed by atoms with van der Waals surface area (Å²) in [4.78, 5) is 0.307. The Bertz CT molecular complexity index is 560. The second-order valence-electron chi connectivity index (χ2n) is 5.39. The maximum atomic E-state index is 11.5. The van der Waals surface area contributed by atoms with Gasteiger partial charge in [-0.3, -0.25) is 0 Å². The smallest absolute Gasteiger partial charge is 0.175 e. The monoisotopic (exact) mass is 314 g/mol. The number of hydrogen-bond donors (Lipinski definition) is 0. The number of benzene rings is 1. The quantitative estimate of drug-likeness (QED) is 0.542. The summed E-state index contributed by atoms with van der Waals surface area (Å²) in [5, 5.41) is 0. The molecular formula is C15H22O5S. The lowest BCUT2D eigenvalue weighted by Gasteiger charge is -2.22. The van der Waals surface area contributed by atoms with Gasteiger partial charge in [-0.1, -0.05) is 12.1 Å². The highest BCUT2D eigenvalue weighted by Crippen LogP contribution is 2.42. The van der Waals surface area contributed by atoms with Gasteiger partial charge in [0, 0.05) is 12.9 Å². The lowest BCUT2D eigenvalue weighted by atomic mass is 9.98. The van der Waals surface area contributed by atoms with E-state index in [4.69, 9.17) is 14.2 Å². The molecule has 1 saturated heterocycles. The van der Waals surface area contributed by atoms with E-state index in [-0.39, 0.29) is 11.7 Å². The van der Waals surface area contributed by atoms with E-state index in [2.05, 4.69) is 0 Å². The van der Waals surface area contributed by atoms with E-state index >= 15 is 0 Å². The predicted octanol–water partition coefficient (Wildman–Crippen LogP) is 1.97. The number of epoxide rings is 1. The predicted molar refractivity (Wildman–Crippen MR) is 79.1 cm³/mol. The van der Waals surface area contributed by atoms with Gasteiger partial charge in [0.2, 0.25) is 0 Å². The average molecular weight is 314 g/mol. The molecule has 118 valence electrons. The van der Waals surface area contributed by atoms with E-state index in [0.29, 0.717) is 31.3 Å². The maximum absolute atomic E-state index is 11.5. The molecule has 6 heteroatoms. The fourth-order valence-electron chi connectivity index (χ4n) is 2.15. The first-order chi connectivity index (χ1) is 9.87. The highest BCUT2D eigenvalue weighted by Gasteiger charge is 2.48. The molecule has 0 aliphatic carbocycles. The van der Waals surface area contributed by atoms with Gasteiger partial charge in [-0.15, -0.1) is 0 Å². The zero-order valence-electron chi connectivity index (χ0n) is 12.7. The summed E-state index contributed by atoms with van der Waals surface area (Å²) in [5.74, 6) is 0. The summed E-state index contributed by atoms with van der Waals surface area (Å²) < 4.78 is 39.6. The zero-order valence-corrected chi connectivity index (χ0v) is 13.5. The van der Waals surface area contributed by atoms with E-state index in [1.165, 1.54) is 6.26 Å². The number of sulfone groups is 1. The second kappa shape index (κ2) is 6.44. The molecule has 0 saturated carbocycles. The van der Waals surface area contributed by atoms with Gasteiger partial charge < -0.3 is 14.2 Å². The third-order valence-corrected chi connectivity index (χ3v) is 4.61. The van der Waals surface area contributed by atoms with Crippen molar-refractivity contribution < 1.29 is 22.6 Å². The van der Waals surface area contributed by atoms with Crippen molar-refractivity contribution in [1.82, 2.24) is 0 Å². The molecule has 0 N–H and O–H groups in total.